The smallest absolute Gasteiger partial charge is 0.162 e. The molecule has 1 atom stereocenters. The predicted octanol–water partition coefficient (Wildman–Crippen LogP) is 1.46. The highest BCUT2D eigenvalue weighted by Gasteiger charge is 2.26. The number of anilines is 1. The fraction of sp³-hybridized carbons (Fsp3) is 0.643. The van der Waals surface area contributed by atoms with Gasteiger partial charge in [0.25, 0.3) is 0 Å². The van der Waals surface area contributed by atoms with Gasteiger partial charge in [0.15, 0.2) is 5.82 Å². The Kier molecular flexibility index (Phi) is 4.88. The maximum atomic E-state index is 5.97. The molecule has 110 valence electrons. The standard InChI is InChI=1S/C14H22N4OS/c1-4-10-11(5-2)16-17-14(12(10)13(15)20)18-6-7-19-8-9(18)3/h9H,4-8H2,1-3H3,(H2,15,20). The second kappa shape index (κ2) is 6.45. The first-order valence-electron chi connectivity index (χ1n) is 7.12. The summed E-state index contributed by atoms with van der Waals surface area (Å²) in [6.45, 7) is 8.47. The minimum Gasteiger partial charge on any atom is -0.389 e. The van der Waals surface area contributed by atoms with Gasteiger partial charge < -0.3 is 15.4 Å². The van der Waals surface area contributed by atoms with Crippen molar-refractivity contribution in [2.45, 2.75) is 39.7 Å². The first-order valence-corrected chi connectivity index (χ1v) is 7.53. The molecular weight excluding hydrogens is 272 g/mol. The van der Waals surface area contributed by atoms with E-state index in [0.29, 0.717) is 18.2 Å². The minimum atomic E-state index is 0.253. The third-order valence-corrected chi connectivity index (χ3v) is 3.92. The number of nitrogens with zero attached hydrogens (tertiary/aromatic N) is 3. The Morgan fingerprint density at radius 3 is 2.70 bits per heavy atom. The number of hydrogen-bond acceptors (Lipinski definition) is 5. The van der Waals surface area contributed by atoms with Gasteiger partial charge >= 0.3 is 0 Å². The Morgan fingerprint density at radius 1 is 1.40 bits per heavy atom. The van der Waals surface area contributed by atoms with Crippen LogP contribution in [0.25, 0.3) is 0 Å². The molecule has 0 saturated carbocycles. The average molecular weight is 294 g/mol. The van der Waals surface area contributed by atoms with E-state index in [1.807, 2.05) is 0 Å². The van der Waals surface area contributed by atoms with E-state index < -0.39 is 0 Å². The van der Waals surface area contributed by atoms with E-state index in [1.54, 1.807) is 0 Å². The van der Waals surface area contributed by atoms with Gasteiger partial charge in [-0.1, -0.05) is 26.1 Å². The predicted molar refractivity (Wildman–Crippen MR) is 84.3 cm³/mol. The van der Waals surface area contributed by atoms with Crippen LogP contribution >= 0.6 is 12.2 Å². The van der Waals surface area contributed by atoms with Crippen LogP contribution < -0.4 is 10.6 Å². The summed E-state index contributed by atoms with van der Waals surface area (Å²) in [6.07, 6.45) is 1.70. The maximum absolute atomic E-state index is 5.97. The van der Waals surface area contributed by atoms with Gasteiger partial charge in [0.05, 0.1) is 30.5 Å². The van der Waals surface area contributed by atoms with Crippen molar-refractivity contribution in [3.63, 3.8) is 0 Å². The van der Waals surface area contributed by atoms with Crippen LogP contribution in [-0.4, -0.2) is 41.0 Å². The molecule has 1 fully saturated rings. The van der Waals surface area contributed by atoms with Crippen molar-refractivity contribution < 1.29 is 4.74 Å². The highest BCUT2D eigenvalue weighted by atomic mass is 32.1. The van der Waals surface area contributed by atoms with Gasteiger partial charge in [-0.25, -0.2) is 0 Å². The number of aryl methyl sites for hydroxylation is 1. The zero-order chi connectivity index (χ0) is 14.7. The van der Waals surface area contributed by atoms with E-state index in [1.165, 1.54) is 0 Å². The van der Waals surface area contributed by atoms with E-state index in [9.17, 15) is 0 Å². The van der Waals surface area contributed by atoms with Crippen molar-refractivity contribution in [3.05, 3.63) is 16.8 Å². The fourth-order valence-corrected chi connectivity index (χ4v) is 2.88. The Hall–Kier alpha value is -1.27. The number of hydrogen-bond donors (Lipinski definition) is 1. The van der Waals surface area contributed by atoms with Gasteiger partial charge in [0.1, 0.15) is 4.99 Å². The summed E-state index contributed by atoms with van der Waals surface area (Å²) < 4.78 is 5.48. The minimum absolute atomic E-state index is 0.253. The van der Waals surface area contributed by atoms with Crippen molar-refractivity contribution in [2.75, 3.05) is 24.7 Å². The van der Waals surface area contributed by atoms with Crippen LogP contribution in [0.3, 0.4) is 0 Å². The van der Waals surface area contributed by atoms with Gasteiger partial charge in [0.2, 0.25) is 0 Å². The molecule has 0 spiro atoms. The Bertz CT molecular complexity index is 506. The van der Waals surface area contributed by atoms with Gasteiger partial charge in [-0.15, -0.1) is 5.10 Å². The molecule has 2 N–H and O–H groups in total. The summed E-state index contributed by atoms with van der Waals surface area (Å²) >= 11 is 5.27. The normalized spacial score (nSPS) is 19.1. The molecule has 20 heavy (non-hydrogen) atoms. The van der Waals surface area contributed by atoms with Crippen molar-refractivity contribution in [1.29, 1.82) is 0 Å². The van der Waals surface area contributed by atoms with Gasteiger partial charge in [-0.2, -0.15) is 5.10 Å². The summed E-state index contributed by atoms with van der Waals surface area (Å²) in [5, 5.41) is 8.78. The van der Waals surface area contributed by atoms with Gasteiger partial charge in [0, 0.05) is 6.54 Å². The van der Waals surface area contributed by atoms with E-state index in [-0.39, 0.29) is 6.04 Å². The quantitative estimate of drug-likeness (QED) is 0.848. The highest BCUT2D eigenvalue weighted by molar-refractivity contribution is 7.80. The number of rotatable bonds is 4. The number of aromatic nitrogens is 2. The molecule has 1 unspecified atom stereocenters. The third-order valence-electron chi connectivity index (χ3n) is 3.71. The molecule has 6 heteroatoms. The van der Waals surface area contributed by atoms with Crippen LogP contribution in [0.1, 0.15) is 37.6 Å². The van der Waals surface area contributed by atoms with Gasteiger partial charge in [-0.3, -0.25) is 0 Å². The van der Waals surface area contributed by atoms with E-state index in [4.69, 9.17) is 22.7 Å². The lowest BCUT2D eigenvalue weighted by molar-refractivity contribution is 0.0984. The molecule has 0 amide bonds. The molecular formula is C14H22N4OS. The largest absolute Gasteiger partial charge is 0.389 e. The second-order valence-corrected chi connectivity index (χ2v) is 5.45. The molecule has 1 aromatic rings. The lowest BCUT2D eigenvalue weighted by Crippen LogP contribution is -2.45. The van der Waals surface area contributed by atoms with Crippen molar-refractivity contribution in [1.82, 2.24) is 10.2 Å². The lowest BCUT2D eigenvalue weighted by Gasteiger charge is -2.35. The SMILES string of the molecule is CCc1nnc(N2CCOCC2C)c(C(N)=S)c1CC. The zero-order valence-corrected chi connectivity index (χ0v) is 13.2. The first kappa shape index (κ1) is 15.1. The molecule has 1 saturated heterocycles. The number of nitrogens with two attached hydrogens (primary N) is 1. The average Bonchev–Trinajstić information content (AvgIpc) is 2.46. The maximum Gasteiger partial charge on any atom is 0.162 e. The summed E-state index contributed by atoms with van der Waals surface area (Å²) in [4.78, 5) is 2.60. The lowest BCUT2D eigenvalue weighted by atomic mass is 10.0. The van der Waals surface area contributed by atoms with Crippen LogP contribution in [0.4, 0.5) is 5.82 Å². The molecule has 1 aromatic heterocycles. The molecule has 0 bridgehead atoms. The van der Waals surface area contributed by atoms with Crippen molar-refractivity contribution in [2.24, 2.45) is 5.73 Å². The molecule has 1 aliphatic heterocycles. The van der Waals surface area contributed by atoms with Crippen LogP contribution in [0, 0.1) is 0 Å². The fourth-order valence-electron chi connectivity index (χ4n) is 2.66. The Balaban J connectivity index is 2.54. The number of thiocarbonyl (C=S) groups is 1. The molecule has 0 aliphatic carbocycles. The summed E-state index contributed by atoms with van der Waals surface area (Å²) in [7, 11) is 0. The second-order valence-electron chi connectivity index (χ2n) is 5.01. The number of morpholine rings is 1. The van der Waals surface area contributed by atoms with Crippen LogP contribution in [-0.2, 0) is 17.6 Å². The number of ether oxygens (including phenoxy) is 1. The van der Waals surface area contributed by atoms with Gasteiger partial charge in [-0.05, 0) is 25.3 Å². The van der Waals surface area contributed by atoms with Crippen molar-refractivity contribution in [3.8, 4) is 0 Å². The molecule has 5 nitrogen and oxygen atoms in total. The topological polar surface area (TPSA) is 64.3 Å². The molecule has 0 aromatic carbocycles. The molecule has 2 rings (SSSR count). The van der Waals surface area contributed by atoms with Crippen LogP contribution in [0.5, 0.6) is 0 Å². The molecule has 1 aliphatic rings. The summed E-state index contributed by atoms with van der Waals surface area (Å²) in [6, 6.07) is 0.253. The van der Waals surface area contributed by atoms with E-state index in [0.717, 1.165) is 42.0 Å². The molecule has 0 radical (unpaired) electrons. The van der Waals surface area contributed by atoms with Crippen LogP contribution in [0.15, 0.2) is 0 Å². The monoisotopic (exact) mass is 294 g/mol. The van der Waals surface area contributed by atoms with Crippen LogP contribution in [0.2, 0.25) is 0 Å². The Labute approximate surface area is 125 Å². The molecule has 2 heterocycles. The summed E-state index contributed by atoms with van der Waals surface area (Å²) in [5.74, 6) is 0.808. The van der Waals surface area contributed by atoms with E-state index >= 15 is 0 Å². The Morgan fingerprint density at radius 2 is 2.15 bits per heavy atom. The highest BCUT2D eigenvalue weighted by Crippen LogP contribution is 2.26. The van der Waals surface area contributed by atoms with E-state index in [2.05, 4.69) is 35.9 Å². The zero-order valence-electron chi connectivity index (χ0n) is 12.3. The van der Waals surface area contributed by atoms with Crippen molar-refractivity contribution >= 4 is 23.0 Å². The summed E-state index contributed by atoms with van der Waals surface area (Å²) in [5.41, 5.74) is 8.98. The first-order chi connectivity index (χ1) is 9.60. The third kappa shape index (κ3) is 2.76.